The Labute approximate surface area is 153 Å². The zero-order valence-electron chi connectivity index (χ0n) is 13.5. The van der Waals surface area contributed by atoms with E-state index in [1.54, 1.807) is 28.8 Å². The first-order valence-electron chi connectivity index (χ1n) is 8.07. The highest BCUT2D eigenvalue weighted by Gasteiger charge is 2.27. The van der Waals surface area contributed by atoms with Crippen LogP contribution in [0.15, 0.2) is 42.6 Å². The summed E-state index contributed by atoms with van der Waals surface area (Å²) in [5.41, 5.74) is 0.939. The first-order chi connectivity index (χ1) is 12.5. The summed E-state index contributed by atoms with van der Waals surface area (Å²) in [4.78, 5) is 29.3. The predicted octanol–water partition coefficient (Wildman–Crippen LogP) is 3.27. The smallest absolute Gasteiger partial charge is 0.287 e. The second kappa shape index (κ2) is 6.42. The van der Waals surface area contributed by atoms with E-state index in [2.05, 4.69) is 15.6 Å². The zero-order chi connectivity index (χ0) is 18.3. The van der Waals surface area contributed by atoms with E-state index >= 15 is 0 Å². The number of nitrogens with one attached hydrogen (secondary N) is 2. The molecule has 132 valence electrons. The van der Waals surface area contributed by atoms with E-state index < -0.39 is 11.7 Å². The Morgan fingerprint density at radius 1 is 1.19 bits per heavy atom. The van der Waals surface area contributed by atoms with Crippen molar-refractivity contribution in [3.8, 4) is 0 Å². The molecule has 0 unspecified atom stereocenters. The summed E-state index contributed by atoms with van der Waals surface area (Å²) in [6, 6.07) is 9.27. The number of hydrogen-bond donors (Lipinski definition) is 2. The van der Waals surface area contributed by atoms with Crippen molar-refractivity contribution in [2.75, 3.05) is 5.32 Å². The summed E-state index contributed by atoms with van der Waals surface area (Å²) in [5.74, 6) is -1.26. The minimum Gasteiger partial charge on any atom is -0.347 e. The van der Waals surface area contributed by atoms with Gasteiger partial charge in [0.15, 0.2) is 5.69 Å². The molecule has 1 aliphatic carbocycles. The van der Waals surface area contributed by atoms with Gasteiger partial charge in [0, 0.05) is 17.9 Å². The lowest BCUT2D eigenvalue weighted by atomic mass is 10.2. The van der Waals surface area contributed by atoms with Crippen LogP contribution >= 0.6 is 11.6 Å². The standard InChI is InChI=1S/C18H14ClFN4O2/c19-12-9-11(6-7-13(12)20)22-17(25)15-14-3-1-2-8-24(14)16(23-15)18(26)21-10-4-5-10/h1-3,6-10H,4-5H2,(H,21,26)(H,22,25). The Balaban J connectivity index is 1.67. The fraction of sp³-hybridized carbons (Fsp3) is 0.167. The van der Waals surface area contributed by atoms with E-state index in [1.165, 1.54) is 12.1 Å². The molecule has 26 heavy (non-hydrogen) atoms. The third-order valence-corrected chi connectivity index (χ3v) is 4.35. The van der Waals surface area contributed by atoms with Gasteiger partial charge in [-0.25, -0.2) is 9.37 Å². The number of aromatic nitrogens is 2. The molecule has 2 heterocycles. The maximum absolute atomic E-state index is 13.3. The number of amides is 2. The third kappa shape index (κ3) is 3.13. The molecule has 6 nitrogen and oxygen atoms in total. The Hall–Kier alpha value is -2.93. The van der Waals surface area contributed by atoms with Crippen molar-refractivity contribution in [2.24, 2.45) is 0 Å². The van der Waals surface area contributed by atoms with E-state index in [9.17, 15) is 14.0 Å². The van der Waals surface area contributed by atoms with Gasteiger partial charge in [-0.2, -0.15) is 0 Å². The molecule has 8 heteroatoms. The highest BCUT2D eigenvalue weighted by Crippen LogP contribution is 2.22. The van der Waals surface area contributed by atoms with Crippen molar-refractivity contribution in [1.82, 2.24) is 14.7 Å². The Morgan fingerprint density at radius 2 is 2.00 bits per heavy atom. The van der Waals surface area contributed by atoms with Gasteiger partial charge in [-0.3, -0.25) is 14.0 Å². The van der Waals surface area contributed by atoms with Crippen molar-refractivity contribution in [2.45, 2.75) is 18.9 Å². The molecule has 0 bridgehead atoms. The van der Waals surface area contributed by atoms with Crippen molar-refractivity contribution in [3.63, 3.8) is 0 Å². The molecular formula is C18H14ClFN4O2. The summed E-state index contributed by atoms with van der Waals surface area (Å²) >= 11 is 5.74. The molecule has 2 aromatic heterocycles. The number of rotatable bonds is 4. The first-order valence-corrected chi connectivity index (χ1v) is 8.45. The number of halogens is 2. The van der Waals surface area contributed by atoms with Crippen molar-refractivity contribution >= 4 is 34.6 Å². The number of hydrogen-bond acceptors (Lipinski definition) is 3. The summed E-state index contributed by atoms with van der Waals surface area (Å²) in [6.07, 6.45) is 3.58. The normalized spacial score (nSPS) is 13.6. The molecule has 0 saturated heterocycles. The molecule has 0 spiro atoms. The van der Waals surface area contributed by atoms with Gasteiger partial charge < -0.3 is 10.6 Å². The number of anilines is 1. The second-order valence-corrected chi connectivity index (χ2v) is 6.48. The third-order valence-electron chi connectivity index (χ3n) is 4.06. The van der Waals surface area contributed by atoms with Crippen LogP contribution < -0.4 is 10.6 Å². The summed E-state index contributed by atoms with van der Waals surface area (Å²) < 4.78 is 14.8. The van der Waals surface area contributed by atoms with Crippen LogP contribution in [0.25, 0.3) is 5.52 Å². The highest BCUT2D eigenvalue weighted by molar-refractivity contribution is 6.31. The maximum atomic E-state index is 13.3. The van der Waals surface area contributed by atoms with E-state index in [0.717, 1.165) is 18.9 Å². The van der Waals surface area contributed by atoms with Crippen LogP contribution in [0.4, 0.5) is 10.1 Å². The van der Waals surface area contributed by atoms with Gasteiger partial charge in [0.05, 0.1) is 10.5 Å². The summed E-state index contributed by atoms with van der Waals surface area (Å²) in [6.45, 7) is 0. The number of nitrogens with zero attached hydrogens (tertiary/aromatic N) is 2. The zero-order valence-corrected chi connectivity index (χ0v) is 14.3. The Kier molecular flexibility index (Phi) is 4.08. The fourth-order valence-electron chi connectivity index (χ4n) is 2.61. The summed E-state index contributed by atoms with van der Waals surface area (Å²) in [7, 11) is 0. The quantitative estimate of drug-likeness (QED) is 0.738. The monoisotopic (exact) mass is 372 g/mol. The molecule has 1 aliphatic rings. The average molecular weight is 373 g/mol. The Morgan fingerprint density at radius 3 is 2.73 bits per heavy atom. The van der Waals surface area contributed by atoms with Crippen LogP contribution in [0.1, 0.15) is 33.9 Å². The summed E-state index contributed by atoms with van der Waals surface area (Å²) in [5, 5.41) is 5.40. The van der Waals surface area contributed by atoms with Crippen molar-refractivity contribution < 1.29 is 14.0 Å². The predicted molar refractivity (Wildman–Crippen MR) is 95.0 cm³/mol. The molecule has 1 saturated carbocycles. The molecule has 2 N–H and O–H groups in total. The van der Waals surface area contributed by atoms with Gasteiger partial charge in [0.1, 0.15) is 5.82 Å². The first kappa shape index (κ1) is 16.5. The van der Waals surface area contributed by atoms with Gasteiger partial charge in [-0.15, -0.1) is 0 Å². The van der Waals surface area contributed by atoms with E-state index in [4.69, 9.17) is 11.6 Å². The van der Waals surface area contributed by atoms with Gasteiger partial charge in [-0.05, 0) is 43.2 Å². The number of fused-ring (bicyclic) bond motifs is 1. The molecular weight excluding hydrogens is 359 g/mol. The number of benzene rings is 1. The SMILES string of the molecule is O=C(Nc1ccc(F)c(Cl)c1)c1nc(C(=O)NC2CC2)n2ccccc12. The van der Waals surface area contributed by atoms with Gasteiger partial charge in [0.25, 0.3) is 11.8 Å². The highest BCUT2D eigenvalue weighted by atomic mass is 35.5. The molecule has 0 aliphatic heterocycles. The van der Waals surface area contributed by atoms with E-state index in [1.807, 2.05) is 0 Å². The van der Waals surface area contributed by atoms with E-state index in [0.29, 0.717) is 11.2 Å². The Bertz CT molecular complexity index is 1030. The average Bonchev–Trinajstić information content (AvgIpc) is 3.34. The van der Waals surface area contributed by atoms with Crippen LogP contribution in [0.2, 0.25) is 5.02 Å². The fourth-order valence-corrected chi connectivity index (χ4v) is 2.79. The maximum Gasteiger partial charge on any atom is 0.287 e. The number of carbonyl (C=O) groups excluding carboxylic acids is 2. The van der Waals surface area contributed by atoms with E-state index in [-0.39, 0.29) is 28.5 Å². The molecule has 1 aromatic carbocycles. The van der Waals surface area contributed by atoms with Crippen LogP contribution in [-0.4, -0.2) is 27.2 Å². The van der Waals surface area contributed by atoms with Gasteiger partial charge in [-0.1, -0.05) is 17.7 Å². The largest absolute Gasteiger partial charge is 0.347 e. The number of pyridine rings is 1. The van der Waals surface area contributed by atoms with Crippen molar-refractivity contribution in [3.05, 3.63) is 65.0 Å². The second-order valence-electron chi connectivity index (χ2n) is 6.07. The lowest BCUT2D eigenvalue weighted by molar-refractivity contribution is 0.0940. The molecule has 2 amide bonds. The molecule has 4 rings (SSSR count). The minimum atomic E-state index is -0.573. The minimum absolute atomic E-state index is 0.0954. The van der Waals surface area contributed by atoms with Crippen LogP contribution in [0.5, 0.6) is 0 Å². The molecule has 0 radical (unpaired) electrons. The molecule has 0 atom stereocenters. The van der Waals surface area contributed by atoms with Crippen LogP contribution in [0.3, 0.4) is 0 Å². The van der Waals surface area contributed by atoms with Gasteiger partial charge in [0.2, 0.25) is 5.82 Å². The number of carbonyl (C=O) groups is 2. The van der Waals surface area contributed by atoms with Gasteiger partial charge >= 0.3 is 0 Å². The lowest BCUT2D eigenvalue weighted by Crippen LogP contribution is -2.27. The van der Waals surface area contributed by atoms with Crippen LogP contribution in [-0.2, 0) is 0 Å². The molecule has 1 fully saturated rings. The number of imidazole rings is 1. The molecule has 3 aromatic rings. The van der Waals surface area contributed by atoms with Crippen molar-refractivity contribution in [1.29, 1.82) is 0 Å². The topological polar surface area (TPSA) is 75.5 Å². The lowest BCUT2D eigenvalue weighted by Gasteiger charge is -2.04. The van der Waals surface area contributed by atoms with Crippen LogP contribution in [0, 0.1) is 5.82 Å².